The molecule has 0 amide bonds. The number of benzene rings is 2. The predicted octanol–water partition coefficient (Wildman–Crippen LogP) is 2.87. The molecule has 5 N–H and O–H groups in total. The Morgan fingerprint density at radius 2 is 2.00 bits per heavy atom. The van der Waals surface area contributed by atoms with Gasteiger partial charge in [-0.05, 0) is 48.1 Å². The number of aryl methyl sites for hydroxylation is 1. The number of nitrogens with two attached hydrogens (primary N) is 1. The smallest absolute Gasteiger partial charge is 0.317 e. The molecule has 0 bridgehead atoms. The first-order valence-electron chi connectivity index (χ1n) is 9.02. The summed E-state index contributed by atoms with van der Waals surface area (Å²) in [6.07, 6.45) is 2.68. The van der Waals surface area contributed by atoms with Crippen molar-refractivity contribution < 1.29 is 19.4 Å². The largest absolute Gasteiger partial charge is 0.489 e. The molecule has 3 rings (SSSR count). The van der Waals surface area contributed by atoms with E-state index in [0.717, 1.165) is 30.6 Å². The zero-order valence-corrected chi connectivity index (χ0v) is 14.9. The number of rotatable bonds is 7. The van der Waals surface area contributed by atoms with E-state index in [-0.39, 0.29) is 25.8 Å². The van der Waals surface area contributed by atoms with Gasteiger partial charge in [-0.2, -0.15) is 0 Å². The van der Waals surface area contributed by atoms with E-state index < -0.39 is 5.97 Å². The Balaban J connectivity index is 0.00000136. The summed E-state index contributed by atoms with van der Waals surface area (Å²) in [6, 6.07) is 13.8. The van der Waals surface area contributed by atoms with Crippen LogP contribution >= 0.6 is 0 Å². The van der Waals surface area contributed by atoms with Gasteiger partial charge in [-0.3, -0.25) is 14.9 Å². The van der Waals surface area contributed by atoms with Crippen molar-refractivity contribution in [3.05, 3.63) is 64.7 Å². The molecule has 1 unspecified atom stereocenters. The third-order valence-corrected chi connectivity index (χ3v) is 4.62. The Labute approximate surface area is 166 Å². The molecule has 1 atom stereocenters. The quantitative estimate of drug-likeness (QED) is 0.429. The molecule has 0 spiro atoms. The molecule has 6 nitrogen and oxygen atoms in total. The highest BCUT2D eigenvalue weighted by Gasteiger charge is 2.19. The highest BCUT2D eigenvalue weighted by Crippen LogP contribution is 2.26. The van der Waals surface area contributed by atoms with Crippen molar-refractivity contribution in [3.63, 3.8) is 0 Å². The van der Waals surface area contributed by atoms with E-state index in [4.69, 9.17) is 25.7 Å². The highest BCUT2D eigenvalue weighted by atomic mass is 19.0. The lowest BCUT2D eigenvalue weighted by Crippen LogP contribution is -2.37. The topological polar surface area (TPSA) is 108 Å². The van der Waals surface area contributed by atoms with Crippen LogP contribution in [0.1, 0.15) is 36.1 Å². The fourth-order valence-corrected chi connectivity index (χ4v) is 3.17. The average molecular weight is 391 g/mol. The van der Waals surface area contributed by atoms with Gasteiger partial charge < -0.3 is 20.9 Å². The summed E-state index contributed by atoms with van der Waals surface area (Å²) in [4.78, 5) is 10.7. The Kier molecular flexibility index (Phi) is 7.95. The van der Waals surface area contributed by atoms with Crippen molar-refractivity contribution in [3.8, 4) is 5.75 Å². The van der Waals surface area contributed by atoms with Crippen LogP contribution in [-0.2, 0) is 24.2 Å². The molecule has 152 valence electrons. The minimum absolute atomic E-state index is 0. The fourth-order valence-electron chi connectivity index (χ4n) is 3.17. The van der Waals surface area contributed by atoms with Crippen LogP contribution in [0.3, 0.4) is 0 Å². The zero-order valence-electron chi connectivity index (χ0n) is 15.9. The Bertz CT molecular complexity index is 815. The van der Waals surface area contributed by atoms with Crippen molar-refractivity contribution in [1.29, 1.82) is 6.86 Å². The van der Waals surface area contributed by atoms with Crippen LogP contribution in [0.2, 0.25) is 0 Å². The molecule has 2 aromatic carbocycles. The summed E-state index contributed by atoms with van der Waals surface area (Å²) in [7, 11) is 0. The number of nitrogen functional groups attached to an aromatic ring is 1. The minimum Gasteiger partial charge on any atom is -0.489 e. The molecule has 0 radical (unpaired) electrons. The van der Waals surface area contributed by atoms with Gasteiger partial charge in [0, 0.05) is 11.6 Å². The maximum Gasteiger partial charge on any atom is 0.317 e. The Morgan fingerprint density at radius 1 is 1.29 bits per heavy atom. The lowest BCUT2D eigenvalue weighted by Gasteiger charge is -2.25. The molecule has 0 saturated carbocycles. The summed E-state index contributed by atoms with van der Waals surface area (Å²) >= 11 is 0. The number of hydrogen-bond donors (Lipinski definition) is 4. The second kappa shape index (κ2) is 10.4. The van der Waals surface area contributed by atoms with Crippen LogP contribution in [0.4, 0.5) is 4.72 Å². The Morgan fingerprint density at radius 3 is 2.64 bits per heavy atom. The van der Waals surface area contributed by atoms with Crippen LogP contribution in [0.5, 0.6) is 5.75 Å². The first kappa shape index (κ1) is 21.4. The van der Waals surface area contributed by atoms with Crippen LogP contribution in [0.15, 0.2) is 42.5 Å². The van der Waals surface area contributed by atoms with Gasteiger partial charge >= 0.3 is 5.97 Å². The van der Waals surface area contributed by atoms with Gasteiger partial charge in [-0.25, -0.2) is 0 Å². The number of fused-ring (bicyclic) bond motifs is 1. The summed E-state index contributed by atoms with van der Waals surface area (Å²) in [5.74, 6) is 0.0653. The van der Waals surface area contributed by atoms with Crippen molar-refractivity contribution in [2.75, 3.05) is 6.54 Å². The summed E-state index contributed by atoms with van der Waals surface area (Å²) < 4.78 is 18.9. The van der Waals surface area contributed by atoms with E-state index in [0.29, 0.717) is 12.2 Å². The van der Waals surface area contributed by atoms with E-state index in [9.17, 15) is 4.79 Å². The number of aliphatic carboxylic acids is 1. The van der Waals surface area contributed by atoms with Gasteiger partial charge in [-0.1, -0.05) is 37.8 Å². The number of carbonyl (C=O) groups is 1. The van der Waals surface area contributed by atoms with Crippen LogP contribution in [0, 0.1) is 5.41 Å². The summed E-state index contributed by atoms with van der Waals surface area (Å²) in [5.41, 5.74) is 9.69. The molecule has 1 aliphatic carbocycles. The highest BCUT2D eigenvalue weighted by molar-refractivity contribution is 5.94. The maximum atomic E-state index is 10.7. The van der Waals surface area contributed by atoms with Gasteiger partial charge in [0.05, 0.1) is 6.54 Å². The monoisotopic (exact) mass is 391 g/mol. The van der Waals surface area contributed by atoms with E-state index in [1.165, 1.54) is 11.1 Å². The normalized spacial score (nSPS) is 15.0. The maximum absolute atomic E-state index is 10.7. The minimum atomic E-state index is -0.823. The van der Waals surface area contributed by atoms with Crippen molar-refractivity contribution in [1.82, 2.24) is 5.32 Å². The fraction of sp³-hybridized carbons (Fsp3) is 0.333. The molecule has 0 fully saturated rings. The van der Waals surface area contributed by atoms with Gasteiger partial charge in [0.1, 0.15) is 18.2 Å². The first-order chi connectivity index (χ1) is 13.5. The lowest BCUT2D eigenvalue weighted by atomic mass is 9.88. The molecular formula is C21H28FN3O3. The van der Waals surface area contributed by atoms with Gasteiger partial charge in [-0.15, -0.1) is 0 Å². The van der Waals surface area contributed by atoms with Gasteiger partial charge in [0.15, 0.2) is 0 Å². The van der Waals surface area contributed by atoms with Crippen molar-refractivity contribution in [2.45, 2.75) is 39.3 Å². The average Bonchev–Trinajstić information content (AvgIpc) is 2.72. The molecule has 28 heavy (non-hydrogen) atoms. The molecule has 2 aromatic rings. The number of carboxylic acids is 1. The van der Waals surface area contributed by atoms with E-state index in [2.05, 4.69) is 18.9 Å². The van der Waals surface area contributed by atoms with Crippen LogP contribution < -0.4 is 15.8 Å². The standard InChI is InChI=1S/C20H23N3O3.CH4.FH/c21-20(22)14-3-1-13(2-4-14)12-26-18-8-6-15-9-17(23-11-19(24)25)7-5-16(15)10-18;;/h1-4,6,8,10,17,23H,5,7,9,11-12H2,(H3,21,22)(H,24,25);1H4;1H/i/hT. The SMILES string of the molecule is C.N=C(N)c1ccc(COc2ccc3c(c2)CCC(NCC(=O)O)C3)cc1.[3H]F. The molecule has 7 heteroatoms. The van der Waals surface area contributed by atoms with E-state index >= 15 is 0 Å². The number of hydrogen-bond acceptors (Lipinski definition) is 4. The third-order valence-electron chi connectivity index (χ3n) is 4.62. The van der Waals surface area contributed by atoms with Crippen molar-refractivity contribution in [2.24, 2.45) is 5.73 Å². The molecule has 1 aliphatic rings. The van der Waals surface area contributed by atoms with Gasteiger partial charge in [0.25, 0.3) is 1.45 Å². The molecular weight excluding hydrogens is 361 g/mol. The third kappa shape index (κ3) is 6.06. The second-order valence-electron chi connectivity index (χ2n) is 6.54. The summed E-state index contributed by atoms with van der Waals surface area (Å²) in [5, 5.41) is 19.3. The number of halogens is 1. The lowest BCUT2D eigenvalue weighted by molar-refractivity contribution is -0.136. The Hall–Kier alpha value is -2.93. The number of carboxylic acid groups (broad SMARTS) is 1. The molecule has 0 aliphatic heterocycles. The number of nitrogens with one attached hydrogen (secondary N) is 2. The first-order valence-corrected chi connectivity index (χ1v) is 8.64. The second-order valence-corrected chi connectivity index (χ2v) is 6.54. The zero-order chi connectivity index (χ0) is 20.5. The van der Waals surface area contributed by atoms with Gasteiger partial charge in [0.2, 0.25) is 0 Å². The summed E-state index contributed by atoms with van der Waals surface area (Å²) in [6.45, 7) is 0.462. The molecule has 0 aromatic heterocycles. The molecule has 0 heterocycles. The van der Waals surface area contributed by atoms with Crippen molar-refractivity contribution >= 4 is 11.8 Å². The van der Waals surface area contributed by atoms with Crippen LogP contribution in [-0.4, -0.2) is 30.9 Å². The van der Waals surface area contributed by atoms with Crippen LogP contribution in [0.25, 0.3) is 0 Å². The molecule has 0 saturated heterocycles. The van der Waals surface area contributed by atoms with E-state index in [1.807, 2.05) is 30.3 Å². The predicted molar refractivity (Wildman–Crippen MR) is 109 cm³/mol. The van der Waals surface area contributed by atoms with E-state index in [1.54, 1.807) is 0 Å². The number of amidine groups is 1. The number of ether oxygens (including phenoxy) is 1.